The number of hydrogen-bond donors (Lipinski definition) is 0. The van der Waals surface area contributed by atoms with Crippen LogP contribution in [0.2, 0.25) is 0 Å². The summed E-state index contributed by atoms with van der Waals surface area (Å²) in [6.07, 6.45) is 5.26. The van der Waals surface area contributed by atoms with Crippen molar-refractivity contribution in [3.05, 3.63) is 23.8 Å². The molecule has 0 saturated carbocycles. The minimum atomic E-state index is 0.620. The highest BCUT2D eigenvalue weighted by Crippen LogP contribution is 2.25. The van der Waals surface area contributed by atoms with Crippen LogP contribution in [-0.4, -0.2) is 32.7 Å². The van der Waals surface area contributed by atoms with Crippen LogP contribution < -0.4 is 9.47 Å². The summed E-state index contributed by atoms with van der Waals surface area (Å²) in [6, 6.07) is 5.78. The van der Waals surface area contributed by atoms with Crippen molar-refractivity contribution in [2.75, 3.05) is 27.8 Å². The van der Waals surface area contributed by atoms with E-state index < -0.39 is 0 Å². The van der Waals surface area contributed by atoms with Crippen molar-refractivity contribution in [1.82, 2.24) is 4.90 Å². The van der Waals surface area contributed by atoms with Crippen LogP contribution in [0.1, 0.15) is 5.56 Å². The summed E-state index contributed by atoms with van der Waals surface area (Å²) >= 11 is 0. The van der Waals surface area contributed by atoms with Gasteiger partial charge in [0.05, 0.1) is 20.8 Å². The number of benzene rings is 1. The highest BCUT2D eigenvalue weighted by molar-refractivity contribution is 5.40. The first-order chi connectivity index (χ1) is 7.71. The predicted octanol–water partition coefficient (Wildman–Crippen LogP) is 1.77. The Kier molecular flexibility index (Phi) is 4.68. The van der Waals surface area contributed by atoms with E-state index in [4.69, 9.17) is 15.9 Å². The highest BCUT2D eigenvalue weighted by Gasteiger charge is 2.06. The zero-order valence-corrected chi connectivity index (χ0v) is 9.99. The second-order valence-corrected chi connectivity index (χ2v) is 3.55. The third-order valence-electron chi connectivity index (χ3n) is 2.30. The molecule has 1 aromatic rings. The van der Waals surface area contributed by atoms with Crippen molar-refractivity contribution in [3.8, 4) is 23.8 Å². The van der Waals surface area contributed by atoms with Gasteiger partial charge in [0, 0.05) is 18.2 Å². The zero-order chi connectivity index (χ0) is 12.0. The molecule has 1 aromatic carbocycles. The van der Waals surface area contributed by atoms with Crippen molar-refractivity contribution in [2.45, 2.75) is 6.54 Å². The van der Waals surface area contributed by atoms with E-state index in [1.165, 1.54) is 0 Å². The van der Waals surface area contributed by atoms with Gasteiger partial charge in [-0.05, 0) is 13.1 Å². The lowest BCUT2D eigenvalue weighted by Crippen LogP contribution is -2.18. The van der Waals surface area contributed by atoms with E-state index >= 15 is 0 Å². The molecule has 16 heavy (non-hydrogen) atoms. The van der Waals surface area contributed by atoms with Gasteiger partial charge in [0.2, 0.25) is 0 Å². The molecule has 1 rings (SSSR count). The van der Waals surface area contributed by atoms with E-state index in [2.05, 4.69) is 5.92 Å². The zero-order valence-electron chi connectivity index (χ0n) is 9.99. The molecule has 3 heteroatoms. The summed E-state index contributed by atoms with van der Waals surface area (Å²) in [5.74, 6) is 4.22. The van der Waals surface area contributed by atoms with Gasteiger partial charge >= 0.3 is 0 Å². The molecule has 0 bridgehead atoms. The average molecular weight is 219 g/mol. The molecule has 0 unspecified atom stereocenters. The van der Waals surface area contributed by atoms with Gasteiger partial charge in [-0.15, -0.1) is 6.42 Å². The first kappa shape index (κ1) is 12.4. The fourth-order valence-corrected chi connectivity index (χ4v) is 1.49. The summed E-state index contributed by atoms with van der Waals surface area (Å²) < 4.78 is 10.4. The summed E-state index contributed by atoms with van der Waals surface area (Å²) in [6.45, 7) is 1.38. The van der Waals surface area contributed by atoms with Crippen LogP contribution in [-0.2, 0) is 6.54 Å². The maximum Gasteiger partial charge on any atom is 0.127 e. The van der Waals surface area contributed by atoms with E-state index in [1.807, 2.05) is 30.1 Å². The average Bonchev–Trinajstić information content (AvgIpc) is 2.30. The van der Waals surface area contributed by atoms with Crippen LogP contribution in [0.15, 0.2) is 18.2 Å². The summed E-state index contributed by atoms with van der Waals surface area (Å²) in [4.78, 5) is 2.05. The van der Waals surface area contributed by atoms with Crippen LogP contribution in [0, 0.1) is 12.3 Å². The molecule has 0 heterocycles. The van der Waals surface area contributed by atoms with Crippen LogP contribution in [0.3, 0.4) is 0 Å². The second-order valence-electron chi connectivity index (χ2n) is 3.55. The molecule has 0 aliphatic heterocycles. The molecular formula is C13H17NO2. The van der Waals surface area contributed by atoms with E-state index in [0.29, 0.717) is 6.54 Å². The number of methoxy groups -OCH3 is 2. The maximum atomic E-state index is 5.31. The normalized spacial score (nSPS) is 9.94. The molecule has 0 N–H and O–H groups in total. The molecule has 0 fully saturated rings. The number of rotatable bonds is 5. The largest absolute Gasteiger partial charge is 0.497 e. The Balaban J connectivity index is 2.83. The Morgan fingerprint density at radius 3 is 2.62 bits per heavy atom. The van der Waals surface area contributed by atoms with E-state index in [-0.39, 0.29) is 0 Å². The van der Waals surface area contributed by atoms with Crippen LogP contribution >= 0.6 is 0 Å². The fraction of sp³-hybridized carbons (Fsp3) is 0.385. The highest BCUT2D eigenvalue weighted by atomic mass is 16.5. The molecule has 0 aliphatic rings. The van der Waals surface area contributed by atoms with E-state index in [1.54, 1.807) is 14.2 Å². The number of terminal acetylenes is 1. The van der Waals surface area contributed by atoms with Gasteiger partial charge in [0.15, 0.2) is 0 Å². The predicted molar refractivity (Wildman–Crippen MR) is 64.7 cm³/mol. The molecule has 0 saturated heterocycles. The van der Waals surface area contributed by atoms with Crippen molar-refractivity contribution in [3.63, 3.8) is 0 Å². The van der Waals surface area contributed by atoms with Gasteiger partial charge in [-0.3, -0.25) is 4.90 Å². The number of hydrogen-bond acceptors (Lipinski definition) is 3. The van der Waals surface area contributed by atoms with Gasteiger partial charge < -0.3 is 9.47 Å². The smallest absolute Gasteiger partial charge is 0.127 e. The molecule has 0 aliphatic carbocycles. The van der Waals surface area contributed by atoms with Crippen molar-refractivity contribution in [2.24, 2.45) is 0 Å². The second kappa shape index (κ2) is 6.04. The fourth-order valence-electron chi connectivity index (χ4n) is 1.49. The topological polar surface area (TPSA) is 21.7 Å². The Labute approximate surface area is 97.0 Å². The third-order valence-corrected chi connectivity index (χ3v) is 2.30. The summed E-state index contributed by atoms with van der Waals surface area (Å²) in [7, 11) is 5.27. The van der Waals surface area contributed by atoms with Gasteiger partial charge in [0.1, 0.15) is 11.5 Å². The van der Waals surface area contributed by atoms with Gasteiger partial charge in [-0.25, -0.2) is 0 Å². The number of ether oxygens (including phenoxy) is 2. The molecular weight excluding hydrogens is 202 g/mol. The molecule has 0 spiro atoms. The molecule has 0 radical (unpaired) electrons. The van der Waals surface area contributed by atoms with Crippen LogP contribution in [0.5, 0.6) is 11.5 Å². The molecule has 86 valence electrons. The van der Waals surface area contributed by atoms with Gasteiger partial charge in [-0.1, -0.05) is 12.0 Å². The number of nitrogens with zero attached hydrogens (tertiary/aromatic N) is 1. The summed E-state index contributed by atoms with van der Waals surface area (Å²) in [5, 5.41) is 0. The first-order valence-electron chi connectivity index (χ1n) is 5.04. The standard InChI is InChI=1S/C13H17NO2/c1-5-8-14(2)10-11-6-7-12(15-3)9-13(11)16-4/h1,6-7,9H,8,10H2,2-4H3. The van der Waals surface area contributed by atoms with Gasteiger partial charge in [0.25, 0.3) is 0 Å². The Morgan fingerprint density at radius 1 is 1.31 bits per heavy atom. The molecule has 0 amide bonds. The van der Waals surface area contributed by atoms with Crippen LogP contribution in [0.4, 0.5) is 0 Å². The Hall–Kier alpha value is -1.66. The lowest BCUT2D eigenvalue weighted by molar-refractivity contribution is 0.348. The minimum Gasteiger partial charge on any atom is -0.497 e. The van der Waals surface area contributed by atoms with E-state index in [0.717, 1.165) is 23.6 Å². The molecule has 0 atom stereocenters. The van der Waals surface area contributed by atoms with Gasteiger partial charge in [-0.2, -0.15) is 0 Å². The summed E-state index contributed by atoms with van der Waals surface area (Å²) in [5.41, 5.74) is 1.10. The van der Waals surface area contributed by atoms with Crippen LogP contribution in [0.25, 0.3) is 0 Å². The Bertz CT molecular complexity index is 382. The van der Waals surface area contributed by atoms with Crippen molar-refractivity contribution < 1.29 is 9.47 Å². The third kappa shape index (κ3) is 3.18. The molecule has 3 nitrogen and oxygen atoms in total. The lowest BCUT2D eigenvalue weighted by atomic mass is 10.2. The van der Waals surface area contributed by atoms with Crippen molar-refractivity contribution >= 4 is 0 Å². The SMILES string of the molecule is C#CCN(C)Cc1ccc(OC)cc1OC. The quantitative estimate of drug-likeness (QED) is 0.704. The van der Waals surface area contributed by atoms with E-state index in [9.17, 15) is 0 Å². The minimum absolute atomic E-state index is 0.620. The lowest BCUT2D eigenvalue weighted by Gasteiger charge is -2.16. The Morgan fingerprint density at radius 2 is 2.06 bits per heavy atom. The molecule has 0 aromatic heterocycles. The maximum absolute atomic E-state index is 5.31. The monoisotopic (exact) mass is 219 g/mol. The van der Waals surface area contributed by atoms with Crippen molar-refractivity contribution in [1.29, 1.82) is 0 Å². The first-order valence-corrected chi connectivity index (χ1v) is 5.04.